The van der Waals surface area contributed by atoms with Gasteiger partial charge in [0.05, 0.1) is 12.5 Å². The van der Waals surface area contributed by atoms with Crippen molar-refractivity contribution in [2.75, 3.05) is 13.2 Å². The summed E-state index contributed by atoms with van der Waals surface area (Å²) in [6.45, 7) is 1.03. The summed E-state index contributed by atoms with van der Waals surface area (Å²) in [6, 6.07) is 18.3. The summed E-state index contributed by atoms with van der Waals surface area (Å²) >= 11 is 0. The van der Waals surface area contributed by atoms with Gasteiger partial charge in [0.15, 0.2) is 0 Å². The largest absolute Gasteiger partial charge is 0.481 e. The Balaban J connectivity index is 1.85. The van der Waals surface area contributed by atoms with Gasteiger partial charge in [-0.15, -0.1) is 0 Å². The van der Waals surface area contributed by atoms with Crippen molar-refractivity contribution in [1.82, 2.24) is 0 Å². The number of hydrogen-bond donors (Lipinski definition) is 1. The highest BCUT2D eigenvalue weighted by molar-refractivity contribution is 5.72. The molecular weight excluding hydrogens is 264 g/mol. The standard InChI is InChI=1S/C18H18O3/c19-18(20)16-10-11-21-12-17(16)15-8-6-14(7-9-15)13-4-2-1-3-5-13/h1-9,16-17H,10-12H2,(H,19,20). The average Bonchev–Trinajstić information content (AvgIpc) is 2.56. The topological polar surface area (TPSA) is 46.5 Å². The number of ether oxygens (including phenoxy) is 1. The fourth-order valence-corrected chi connectivity index (χ4v) is 2.92. The van der Waals surface area contributed by atoms with Crippen LogP contribution in [0.5, 0.6) is 0 Å². The molecule has 1 fully saturated rings. The normalized spacial score (nSPS) is 21.9. The second-order valence-electron chi connectivity index (χ2n) is 5.40. The predicted octanol–water partition coefficient (Wildman–Crippen LogP) is 3.56. The molecule has 108 valence electrons. The van der Waals surface area contributed by atoms with E-state index in [1.165, 1.54) is 5.56 Å². The third kappa shape index (κ3) is 2.98. The lowest BCUT2D eigenvalue weighted by atomic mass is 9.83. The lowest BCUT2D eigenvalue weighted by Gasteiger charge is -2.29. The van der Waals surface area contributed by atoms with Gasteiger partial charge < -0.3 is 9.84 Å². The summed E-state index contributed by atoms with van der Waals surface area (Å²) in [5.74, 6) is -1.13. The number of aliphatic carboxylic acids is 1. The quantitative estimate of drug-likeness (QED) is 0.936. The van der Waals surface area contributed by atoms with Crippen LogP contribution in [-0.4, -0.2) is 24.3 Å². The van der Waals surface area contributed by atoms with Crippen LogP contribution in [0.3, 0.4) is 0 Å². The summed E-state index contributed by atoms with van der Waals surface area (Å²) in [5, 5.41) is 9.35. The molecule has 0 amide bonds. The van der Waals surface area contributed by atoms with E-state index in [0.29, 0.717) is 19.6 Å². The molecule has 3 rings (SSSR count). The van der Waals surface area contributed by atoms with E-state index in [0.717, 1.165) is 11.1 Å². The van der Waals surface area contributed by atoms with Gasteiger partial charge >= 0.3 is 5.97 Å². The van der Waals surface area contributed by atoms with Crippen molar-refractivity contribution in [3.05, 3.63) is 60.2 Å². The van der Waals surface area contributed by atoms with Gasteiger partial charge in [-0.1, -0.05) is 54.6 Å². The minimum absolute atomic E-state index is 0.0546. The summed E-state index contributed by atoms with van der Waals surface area (Å²) in [6.07, 6.45) is 0.584. The van der Waals surface area contributed by atoms with Gasteiger partial charge in [0.25, 0.3) is 0 Å². The van der Waals surface area contributed by atoms with Crippen LogP contribution in [0.15, 0.2) is 54.6 Å². The van der Waals surface area contributed by atoms with Crippen LogP contribution in [0.1, 0.15) is 17.9 Å². The van der Waals surface area contributed by atoms with E-state index >= 15 is 0 Å². The Labute approximate surface area is 124 Å². The Morgan fingerprint density at radius 3 is 2.33 bits per heavy atom. The van der Waals surface area contributed by atoms with Crippen LogP contribution in [0.25, 0.3) is 11.1 Å². The second kappa shape index (κ2) is 6.10. The summed E-state index contributed by atoms with van der Waals surface area (Å²) in [4.78, 5) is 11.4. The Kier molecular flexibility index (Phi) is 4.02. The monoisotopic (exact) mass is 282 g/mol. The molecule has 0 radical (unpaired) electrons. The van der Waals surface area contributed by atoms with Gasteiger partial charge in [-0.2, -0.15) is 0 Å². The lowest BCUT2D eigenvalue weighted by molar-refractivity contribution is -0.146. The molecule has 21 heavy (non-hydrogen) atoms. The Morgan fingerprint density at radius 2 is 1.67 bits per heavy atom. The highest BCUT2D eigenvalue weighted by Crippen LogP contribution is 2.32. The van der Waals surface area contributed by atoms with E-state index in [1.807, 2.05) is 30.3 Å². The molecule has 3 nitrogen and oxygen atoms in total. The van der Waals surface area contributed by atoms with Gasteiger partial charge in [-0.05, 0) is 23.1 Å². The molecule has 1 aliphatic rings. The molecule has 2 aromatic carbocycles. The van der Waals surface area contributed by atoms with Crippen molar-refractivity contribution in [2.24, 2.45) is 5.92 Å². The zero-order valence-electron chi connectivity index (χ0n) is 11.7. The van der Waals surface area contributed by atoms with E-state index in [1.54, 1.807) is 0 Å². The van der Waals surface area contributed by atoms with Crippen molar-refractivity contribution in [3.8, 4) is 11.1 Å². The number of rotatable bonds is 3. The highest BCUT2D eigenvalue weighted by atomic mass is 16.5. The first-order chi connectivity index (χ1) is 10.3. The molecule has 1 heterocycles. The van der Waals surface area contributed by atoms with Crippen molar-refractivity contribution < 1.29 is 14.6 Å². The molecule has 2 unspecified atom stereocenters. The summed E-state index contributed by atoms with van der Waals surface area (Å²) in [5.41, 5.74) is 3.35. The van der Waals surface area contributed by atoms with Crippen LogP contribution in [-0.2, 0) is 9.53 Å². The maximum Gasteiger partial charge on any atom is 0.307 e. The summed E-state index contributed by atoms with van der Waals surface area (Å²) in [7, 11) is 0. The first-order valence-electron chi connectivity index (χ1n) is 7.21. The molecule has 0 aliphatic carbocycles. The minimum Gasteiger partial charge on any atom is -0.481 e. The van der Waals surface area contributed by atoms with E-state index < -0.39 is 5.97 Å². The third-order valence-corrected chi connectivity index (χ3v) is 4.12. The van der Waals surface area contributed by atoms with Crippen LogP contribution in [0, 0.1) is 5.92 Å². The number of carbonyl (C=O) groups is 1. The van der Waals surface area contributed by atoms with Crippen LogP contribution >= 0.6 is 0 Å². The minimum atomic E-state index is -0.726. The van der Waals surface area contributed by atoms with Gasteiger partial charge in [0, 0.05) is 12.5 Å². The van der Waals surface area contributed by atoms with Gasteiger partial charge in [-0.3, -0.25) is 4.79 Å². The Morgan fingerprint density at radius 1 is 1.00 bits per heavy atom. The Bertz CT molecular complexity index is 604. The first kappa shape index (κ1) is 13.8. The Hall–Kier alpha value is -2.13. The molecule has 0 spiro atoms. The van der Waals surface area contributed by atoms with Gasteiger partial charge in [0.1, 0.15) is 0 Å². The predicted molar refractivity (Wildman–Crippen MR) is 81.2 cm³/mol. The van der Waals surface area contributed by atoms with Gasteiger partial charge in [0.2, 0.25) is 0 Å². The van der Waals surface area contributed by atoms with E-state index in [9.17, 15) is 9.90 Å². The van der Waals surface area contributed by atoms with Crippen LogP contribution in [0.2, 0.25) is 0 Å². The fourth-order valence-electron chi connectivity index (χ4n) is 2.92. The first-order valence-corrected chi connectivity index (χ1v) is 7.21. The molecule has 2 atom stereocenters. The molecule has 2 aromatic rings. The number of carboxylic acids is 1. The summed E-state index contributed by atoms with van der Waals surface area (Å²) < 4.78 is 5.47. The smallest absolute Gasteiger partial charge is 0.307 e. The van der Waals surface area contributed by atoms with E-state index in [-0.39, 0.29) is 11.8 Å². The third-order valence-electron chi connectivity index (χ3n) is 4.12. The molecular formula is C18H18O3. The zero-order valence-corrected chi connectivity index (χ0v) is 11.7. The van der Waals surface area contributed by atoms with Crippen LogP contribution in [0.4, 0.5) is 0 Å². The average molecular weight is 282 g/mol. The fraction of sp³-hybridized carbons (Fsp3) is 0.278. The molecule has 0 saturated carbocycles. The second-order valence-corrected chi connectivity index (χ2v) is 5.40. The number of benzene rings is 2. The van der Waals surface area contributed by atoms with Crippen molar-refractivity contribution in [1.29, 1.82) is 0 Å². The van der Waals surface area contributed by atoms with E-state index in [4.69, 9.17) is 4.74 Å². The zero-order chi connectivity index (χ0) is 14.7. The highest BCUT2D eigenvalue weighted by Gasteiger charge is 2.32. The SMILES string of the molecule is O=C(O)C1CCOCC1c1ccc(-c2ccccc2)cc1. The van der Waals surface area contributed by atoms with E-state index in [2.05, 4.69) is 24.3 Å². The molecule has 3 heteroatoms. The molecule has 1 saturated heterocycles. The van der Waals surface area contributed by atoms with Crippen molar-refractivity contribution >= 4 is 5.97 Å². The molecule has 0 bridgehead atoms. The maximum absolute atomic E-state index is 11.4. The number of hydrogen-bond acceptors (Lipinski definition) is 2. The maximum atomic E-state index is 11.4. The molecule has 0 aromatic heterocycles. The van der Waals surface area contributed by atoms with Gasteiger partial charge in [-0.25, -0.2) is 0 Å². The molecule has 1 aliphatic heterocycles. The van der Waals surface area contributed by atoms with Crippen molar-refractivity contribution in [2.45, 2.75) is 12.3 Å². The lowest BCUT2D eigenvalue weighted by Crippen LogP contribution is -2.31. The number of carboxylic acid groups (broad SMARTS) is 1. The molecule has 1 N–H and O–H groups in total. The van der Waals surface area contributed by atoms with Crippen LogP contribution < -0.4 is 0 Å². The van der Waals surface area contributed by atoms with Crippen molar-refractivity contribution in [3.63, 3.8) is 0 Å².